The van der Waals surface area contributed by atoms with Gasteiger partial charge in [-0.15, -0.1) is 10.2 Å². The van der Waals surface area contributed by atoms with Gasteiger partial charge in [-0.1, -0.05) is 18.3 Å². The number of amides is 1. The Labute approximate surface area is 125 Å². The molecule has 0 bridgehead atoms. The molecular formula is C13H16N4O3S. The maximum atomic E-state index is 12.2. The number of carbonyl (C=O) groups excluding carboxylic acids is 1. The monoisotopic (exact) mass is 308 g/mol. The number of nitrogens with one attached hydrogen (secondary N) is 2. The Hall–Kier alpha value is -2.22. The molecule has 0 aromatic carbocycles. The molecule has 0 aliphatic rings. The van der Waals surface area contributed by atoms with E-state index in [4.69, 9.17) is 5.11 Å². The van der Waals surface area contributed by atoms with E-state index in [9.17, 15) is 9.59 Å². The fraction of sp³-hybridized carbons (Fsp3) is 0.385. The van der Waals surface area contributed by atoms with Gasteiger partial charge in [0.15, 0.2) is 0 Å². The molecule has 2 aromatic heterocycles. The highest BCUT2D eigenvalue weighted by Gasteiger charge is 2.21. The lowest BCUT2D eigenvalue weighted by Gasteiger charge is -2.03. The first-order valence-electron chi connectivity index (χ1n) is 6.46. The second kappa shape index (κ2) is 6.04. The van der Waals surface area contributed by atoms with Crippen molar-refractivity contribution in [3.63, 3.8) is 0 Å². The summed E-state index contributed by atoms with van der Waals surface area (Å²) < 4.78 is 0. The maximum Gasteiger partial charge on any atom is 0.352 e. The lowest BCUT2D eigenvalue weighted by Crippen LogP contribution is -2.23. The zero-order chi connectivity index (χ0) is 15.6. The van der Waals surface area contributed by atoms with Crippen LogP contribution >= 0.6 is 11.3 Å². The summed E-state index contributed by atoms with van der Waals surface area (Å²) in [7, 11) is 0. The summed E-state index contributed by atoms with van der Waals surface area (Å²) in [6, 6.07) is 0. The molecule has 2 aromatic rings. The summed E-state index contributed by atoms with van der Waals surface area (Å²) in [5.74, 6) is -1.40. The molecule has 0 atom stereocenters. The van der Waals surface area contributed by atoms with Crippen LogP contribution in [-0.2, 0) is 13.0 Å². The van der Waals surface area contributed by atoms with Crippen LogP contribution in [0.1, 0.15) is 49.0 Å². The number of H-pyrrole nitrogens is 1. The van der Waals surface area contributed by atoms with Gasteiger partial charge in [0.2, 0.25) is 0 Å². The Morgan fingerprint density at radius 3 is 2.48 bits per heavy atom. The van der Waals surface area contributed by atoms with Crippen LogP contribution in [0.2, 0.25) is 0 Å². The third-order valence-electron chi connectivity index (χ3n) is 3.09. The van der Waals surface area contributed by atoms with Gasteiger partial charge in [0.25, 0.3) is 5.91 Å². The van der Waals surface area contributed by atoms with Gasteiger partial charge in [0.05, 0.1) is 12.1 Å². The molecule has 0 saturated heterocycles. The summed E-state index contributed by atoms with van der Waals surface area (Å²) in [6.07, 6.45) is 0.809. The second-order valence-electron chi connectivity index (χ2n) is 4.56. The fourth-order valence-electron chi connectivity index (χ4n) is 2.05. The van der Waals surface area contributed by atoms with Crippen LogP contribution < -0.4 is 5.32 Å². The molecular weight excluding hydrogens is 292 g/mol. The highest BCUT2D eigenvalue weighted by molar-refractivity contribution is 7.11. The van der Waals surface area contributed by atoms with Gasteiger partial charge in [-0.2, -0.15) is 0 Å². The van der Waals surface area contributed by atoms with E-state index in [1.54, 1.807) is 13.8 Å². The molecule has 2 rings (SSSR count). The van der Waals surface area contributed by atoms with Crippen molar-refractivity contribution in [3.05, 3.63) is 32.5 Å². The van der Waals surface area contributed by atoms with Gasteiger partial charge in [0.1, 0.15) is 15.7 Å². The zero-order valence-electron chi connectivity index (χ0n) is 12.0. The minimum atomic E-state index is -1.08. The molecule has 0 saturated carbocycles. The Morgan fingerprint density at radius 1 is 1.29 bits per heavy atom. The minimum absolute atomic E-state index is 0.0434. The SMILES string of the molecule is CCc1nnc(CNC(=O)c2c(C)[nH]c(C(=O)O)c2C)s1. The Kier molecular flexibility index (Phi) is 4.37. The third-order valence-corrected chi connectivity index (χ3v) is 4.16. The number of aromatic carboxylic acids is 1. The molecule has 7 nitrogen and oxygen atoms in total. The van der Waals surface area contributed by atoms with Gasteiger partial charge >= 0.3 is 5.97 Å². The summed E-state index contributed by atoms with van der Waals surface area (Å²) in [5, 5.41) is 21.4. The van der Waals surface area contributed by atoms with Crippen LogP contribution in [0.4, 0.5) is 0 Å². The van der Waals surface area contributed by atoms with Crippen molar-refractivity contribution in [1.82, 2.24) is 20.5 Å². The average Bonchev–Trinajstić information content (AvgIpc) is 3.01. The minimum Gasteiger partial charge on any atom is -0.477 e. The molecule has 21 heavy (non-hydrogen) atoms. The van der Waals surface area contributed by atoms with E-state index in [0.717, 1.165) is 16.4 Å². The van der Waals surface area contributed by atoms with Crippen LogP contribution in [0.3, 0.4) is 0 Å². The lowest BCUT2D eigenvalue weighted by molar-refractivity contribution is 0.0690. The summed E-state index contributed by atoms with van der Waals surface area (Å²) in [5.41, 5.74) is 1.38. The Morgan fingerprint density at radius 2 is 1.95 bits per heavy atom. The second-order valence-corrected chi connectivity index (χ2v) is 5.70. The van der Waals surface area contributed by atoms with Crippen molar-refractivity contribution in [2.75, 3.05) is 0 Å². The maximum absolute atomic E-state index is 12.2. The van der Waals surface area contributed by atoms with Crippen molar-refractivity contribution in [1.29, 1.82) is 0 Å². The molecule has 1 amide bonds. The number of nitrogens with zero attached hydrogens (tertiary/aromatic N) is 2. The number of hydrogen-bond donors (Lipinski definition) is 3. The molecule has 2 heterocycles. The summed E-state index contributed by atoms with van der Waals surface area (Å²) >= 11 is 1.45. The van der Waals surface area contributed by atoms with Crippen molar-refractivity contribution in [3.8, 4) is 0 Å². The number of carbonyl (C=O) groups is 2. The Bertz CT molecular complexity index is 690. The smallest absolute Gasteiger partial charge is 0.352 e. The molecule has 0 aliphatic carbocycles. The fourth-order valence-corrected chi connectivity index (χ4v) is 2.78. The molecule has 112 valence electrons. The van der Waals surface area contributed by atoms with E-state index in [2.05, 4.69) is 20.5 Å². The zero-order valence-corrected chi connectivity index (χ0v) is 12.8. The normalized spacial score (nSPS) is 10.6. The molecule has 3 N–H and O–H groups in total. The van der Waals surface area contributed by atoms with Crippen molar-refractivity contribution < 1.29 is 14.7 Å². The highest BCUT2D eigenvalue weighted by atomic mass is 32.1. The van der Waals surface area contributed by atoms with Crippen molar-refractivity contribution in [2.45, 2.75) is 33.7 Å². The Balaban J connectivity index is 2.12. The van der Waals surface area contributed by atoms with E-state index >= 15 is 0 Å². The first-order chi connectivity index (χ1) is 9.93. The predicted octanol–water partition coefficient (Wildman–Crippen LogP) is 1.67. The molecule has 0 radical (unpaired) electrons. The average molecular weight is 308 g/mol. The number of aromatic nitrogens is 3. The van der Waals surface area contributed by atoms with Gasteiger partial charge in [0, 0.05) is 5.69 Å². The lowest BCUT2D eigenvalue weighted by atomic mass is 10.1. The van der Waals surface area contributed by atoms with E-state index in [-0.39, 0.29) is 18.1 Å². The van der Waals surface area contributed by atoms with E-state index in [1.807, 2.05) is 6.92 Å². The molecule has 0 fully saturated rings. The van der Waals surface area contributed by atoms with Crippen LogP contribution in [0.15, 0.2) is 0 Å². The van der Waals surface area contributed by atoms with E-state index in [1.165, 1.54) is 11.3 Å². The van der Waals surface area contributed by atoms with Crippen LogP contribution in [0.25, 0.3) is 0 Å². The third kappa shape index (κ3) is 3.10. The number of aryl methyl sites for hydroxylation is 2. The standard InChI is InChI=1S/C13H16N4O3S/c1-4-8-16-17-9(21-8)5-14-12(18)10-6(2)11(13(19)20)15-7(10)3/h15H,4-5H2,1-3H3,(H,14,18)(H,19,20). The quantitative estimate of drug-likeness (QED) is 0.778. The number of aromatic amines is 1. The molecule has 0 spiro atoms. The van der Waals surface area contributed by atoms with E-state index in [0.29, 0.717) is 16.8 Å². The molecule has 0 aliphatic heterocycles. The number of carboxylic acid groups (broad SMARTS) is 1. The number of rotatable bonds is 5. The van der Waals surface area contributed by atoms with Gasteiger partial charge in [-0.3, -0.25) is 4.79 Å². The van der Waals surface area contributed by atoms with Gasteiger partial charge < -0.3 is 15.4 Å². The topological polar surface area (TPSA) is 108 Å². The van der Waals surface area contributed by atoms with Crippen LogP contribution in [-0.4, -0.2) is 32.2 Å². The van der Waals surface area contributed by atoms with Crippen molar-refractivity contribution >= 4 is 23.2 Å². The predicted molar refractivity (Wildman–Crippen MR) is 77.7 cm³/mol. The van der Waals surface area contributed by atoms with Crippen LogP contribution in [0.5, 0.6) is 0 Å². The van der Waals surface area contributed by atoms with Crippen molar-refractivity contribution in [2.24, 2.45) is 0 Å². The molecule has 8 heteroatoms. The first kappa shape index (κ1) is 15.2. The van der Waals surface area contributed by atoms with Gasteiger partial charge in [-0.25, -0.2) is 4.79 Å². The number of carboxylic acids is 1. The molecule has 0 unspecified atom stereocenters. The number of hydrogen-bond acceptors (Lipinski definition) is 5. The summed E-state index contributed by atoms with van der Waals surface area (Å²) in [4.78, 5) is 26.0. The highest BCUT2D eigenvalue weighted by Crippen LogP contribution is 2.18. The van der Waals surface area contributed by atoms with Crippen LogP contribution in [0, 0.1) is 13.8 Å². The summed E-state index contributed by atoms with van der Waals surface area (Å²) in [6.45, 7) is 5.56. The first-order valence-corrected chi connectivity index (χ1v) is 7.27. The van der Waals surface area contributed by atoms with E-state index < -0.39 is 5.97 Å². The largest absolute Gasteiger partial charge is 0.477 e. The van der Waals surface area contributed by atoms with Gasteiger partial charge in [-0.05, 0) is 25.8 Å².